The Morgan fingerprint density at radius 2 is 1.72 bits per heavy atom. The molecule has 8 nitrogen and oxygen atoms in total. The molecule has 4 aromatic rings. The first-order valence-corrected chi connectivity index (χ1v) is 24.5. The molecule has 8 rings (SSSR count). The van der Waals surface area contributed by atoms with Crippen molar-refractivity contribution in [3.05, 3.63) is 123 Å². The van der Waals surface area contributed by atoms with Gasteiger partial charge in [-0.15, -0.1) is 0 Å². The second-order valence-electron chi connectivity index (χ2n) is 18.3. The van der Waals surface area contributed by atoms with Crippen LogP contribution < -0.4 is 16.2 Å². The van der Waals surface area contributed by atoms with Gasteiger partial charge in [-0.3, -0.25) is 9.59 Å². The van der Waals surface area contributed by atoms with E-state index >= 15 is 0 Å². The van der Waals surface area contributed by atoms with Gasteiger partial charge in [-0.1, -0.05) is 83.5 Å². The largest absolute Gasteiger partial charge is 0.508 e. The van der Waals surface area contributed by atoms with Crippen molar-refractivity contribution in [3.8, 4) is 29.1 Å². The van der Waals surface area contributed by atoms with Gasteiger partial charge in [0.2, 0.25) is 0 Å². The number of carbonyl (C=O) groups excluding carboxylic acids is 2. The first-order valence-electron chi connectivity index (χ1n) is 22.1. The third kappa shape index (κ3) is 10.3. The van der Waals surface area contributed by atoms with Gasteiger partial charge in [0, 0.05) is 65.3 Å². The lowest BCUT2D eigenvalue weighted by Gasteiger charge is -2.32. The highest BCUT2D eigenvalue weighted by atomic mass is 33.1. The van der Waals surface area contributed by atoms with Gasteiger partial charge in [-0.05, 0) is 132 Å². The summed E-state index contributed by atoms with van der Waals surface area (Å²) in [5.41, 5.74) is 20.6. The van der Waals surface area contributed by atoms with Crippen LogP contribution in [0.5, 0.6) is 17.2 Å². The van der Waals surface area contributed by atoms with Crippen molar-refractivity contribution in [1.82, 2.24) is 4.98 Å². The van der Waals surface area contributed by atoms with Crippen LogP contribution in [0.2, 0.25) is 0 Å². The molecule has 0 saturated heterocycles. The van der Waals surface area contributed by atoms with E-state index in [2.05, 4.69) is 35.9 Å². The number of ether oxygens (including phenoxy) is 1. The summed E-state index contributed by atoms with van der Waals surface area (Å²) in [6, 6.07) is 16.7. The number of allylic oxidation sites excluding steroid dienone is 2. The van der Waals surface area contributed by atoms with Crippen molar-refractivity contribution in [2.75, 3.05) is 12.4 Å². The molecule has 0 radical (unpaired) electrons. The number of ketones is 2. The Morgan fingerprint density at radius 1 is 0.918 bits per heavy atom. The molecule has 2 heterocycles. The fraction of sp³-hybridized carbons (Fsp3) is 0.451. The van der Waals surface area contributed by atoms with Crippen LogP contribution in [0.1, 0.15) is 145 Å². The molecular formula is C51H59N3O5S2. The predicted molar refractivity (Wildman–Crippen MR) is 247 cm³/mol. The molecule has 7 N–H and O–H groups in total. The van der Waals surface area contributed by atoms with Crippen LogP contribution >= 0.6 is 21.6 Å². The van der Waals surface area contributed by atoms with E-state index in [-0.39, 0.29) is 41.5 Å². The second kappa shape index (κ2) is 18.9. The number of rotatable bonds is 4. The van der Waals surface area contributed by atoms with Gasteiger partial charge < -0.3 is 31.4 Å². The summed E-state index contributed by atoms with van der Waals surface area (Å²) in [4.78, 5) is 30.8. The van der Waals surface area contributed by atoms with Gasteiger partial charge >= 0.3 is 0 Å². The molecule has 4 aliphatic rings. The normalized spacial score (nSPS) is 23.8. The van der Waals surface area contributed by atoms with E-state index < -0.39 is 12.1 Å². The molecule has 1 aliphatic heterocycles. The minimum absolute atomic E-state index is 0.0205. The lowest BCUT2D eigenvalue weighted by molar-refractivity contribution is -0.114. The van der Waals surface area contributed by atoms with E-state index in [0.717, 1.165) is 70.5 Å². The molecular weight excluding hydrogens is 799 g/mol. The number of phenols is 2. The number of hydrogen-bond acceptors (Lipinski definition) is 9. The highest BCUT2D eigenvalue weighted by molar-refractivity contribution is 8.76. The van der Waals surface area contributed by atoms with Gasteiger partial charge in [0.15, 0.2) is 23.1 Å². The van der Waals surface area contributed by atoms with E-state index in [1.54, 1.807) is 29.1 Å². The zero-order chi connectivity index (χ0) is 42.6. The van der Waals surface area contributed by atoms with Crippen molar-refractivity contribution in [1.29, 1.82) is 0 Å². The molecule has 320 valence electrons. The summed E-state index contributed by atoms with van der Waals surface area (Å²) in [5.74, 6) is 9.00. The van der Waals surface area contributed by atoms with Gasteiger partial charge in [-0.2, -0.15) is 0 Å². The number of fused-ring (bicyclic) bond motifs is 9. The van der Waals surface area contributed by atoms with Crippen molar-refractivity contribution in [2.24, 2.45) is 28.2 Å². The molecule has 0 amide bonds. The number of Topliss-reactive ketones (excluding diaryl/α,β-unsaturated/α-hetero) is 1. The summed E-state index contributed by atoms with van der Waals surface area (Å²) in [5, 5.41) is 22.3. The van der Waals surface area contributed by atoms with Gasteiger partial charge in [0.25, 0.3) is 0 Å². The van der Waals surface area contributed by atoms with Gasteiger partial charge in [0.1, 0.15) is 5.75 Å². The van der Waals surface area contributed by atoms with Crippen LogP contribution in [0.25, 0.3) is 0 Å². The monoisotopic (exact) mass is 857 g/mol. The average Bonchev–Trinajstić information content (AvgIpc) is 4.01. The fourth-order valence-electron chi connectivity index (χ4n) is 10.2. The summed E-state index contributed by atoms with van der Waals surface area (Å²) < 4.78 is 6.16. The summed E-state index contributed by atoms with van der Waals surface area (Å²) >= 11 is 0. The first-order chi connectivity index (χ1) is 29.5. The number of H-pyrrole nitrogens is 1. The van der Waals surface area contributed by atoms with Crippen molar-refractivity contribution >= 4 is 33.2 Å². The molecule has 3 aromatic carbocycles. The number of aryl methyl sites for hydroxylation is 1. The number of carbonyl (C=O) groups is 2. The fourth-order valence-corrected chi connectivity index (χ4v) is 12.7. The molecule has 0 spiro atoms. The maximum absolute atomic E-state index is 14.2. The Bertz CT molecular complexity index is 2350. The third-order valence-corrected chi connectivity index (χ3v) is 16.3. The van der Waals surface area contributed by atoms with E-state index in [4.69, 9.17) is 16.2 Å². The molecule has 2 saturated carbocycles. The maximum Gasteiger partial charge on any atom is 0.165 e. The Morgan fingerprint density at radius 3 is 2.54 bits per heavy atom. The number of nitrogens with two attached hydrogens (primary N) is 2. The van der Waals surface area contributed by atoms with Crippen molar-refractivity contribution in [3.63, 3.8) is 0 Å². The van der Waals surface area contributed by atoms with Gasteiger partial charge in [0.05, 0.1) is 19.2 Å². The number of hydrogen-bond donors (Lipinski definition) is 5. The summed E-state index contributed by atoms with van der Waals surface area (Å²) in [6.45, 7) is 2.72. The smallest absolute Gasteiger partial charge is 0.165 e. The molecule has 1 aromatic heterocycles. The van der Waals surface area contributed by atoms with Crippen molar-refractivity contribution < 1.29 is 24.5 Å². The van der Waals surface area contributed by atoms with Crippen LogP contribution in [0.4, 0.5) is 0 Å². The standard InChI is InChI=1S/C51H59N3O5S2/c1-50(17-2-3-18-50)21-22-51-19-13-35(30-51)31-60-61-32-37-28-40-36(27-41(37)49(52)53)5-4-6-44-39(15-23-54-44)47(58)29-42(40)43-25-34(8-11-45(43)56)16-24-59-48-26-33(9-12-46(48)57)7-10-38(55)14-20-51/h8-9,11-12,14-15,20,23,25-28,35,42,49,54,56-57H,2-3,6-7,10,13,16-19,21-22,24,29-32,52-53H2,1H3/b20-14+/t35-,42+,51-/m1/s1. The summed E-state index contributed by atoms with van der Waals surface area (Å²) in [6.07, 6.45) is 18.0. The molecule has 8 bridgehead atoms. The van der Waals surface area contributed by atoms with E-state index in [0.29, 0.717) is 59.6 Å². The minimum Gasteiger partial charge on any atom is -0.508 e. The number of aromatic hydroxyl groups is 2. The van der Waals surface area contributed by atoms with E-state index in [1.165, 1.54) is 32.1 Å². The molecule has 2 fully saturated rings. The number of aromatic amines is 1. The van der Waals surface area contributed by atoms with Crippen LogP contribution in [0.3, 0.4) is 0 Å². The predicted octanol–water partition coefficient (Wildman–Crippen LogP) is 10.4. The second-order valence-corrected chi connectivity index (χ2v) is 20.8. The van der Waals surface area contributed by atoms with Crippen LogP contribution in [0, 0.1) is 28.6 Å². The highest BCUT2D eigenvalue weighted by Crippen LogP contribution is 2.52. The lowest BCUT2D eigenvalue weighted by Crippen LogP contribution is -2.22. The Labute approximate surface area is 368 Å². The van der Waals surface area contributed by atoms with E-state index in [9.17, 15) is 19.8 Å². The molecule has 3 atom stereocenters. The minimum atomic E-state index is -0.724. The molecule has 3 aliphatic carbocycles. The maximum atomic E-state index is 14.2. The molecule has 0 unspecified atom stereocenters. The Hall–Kier alpha value is -4.40. The average molecular weight is 858 g/mol. The SMILES string of the molecule is CC1(CC[C@]23/C=C/C(=O)CCc4ccc(O)c(c4)OCCc4ccc(O)c(c4)[C@H]4CC(=O)c5cc[nH]c5CC#Cc5cc(C(N)N)c(cc54)CSSC[C@H](CC2)C3)CCCC1. The Balaban J connectivity index is 1.14. The number of nitrogens with one attached hydrogen (secondary N) is 1. The van der Waals surface area contributed by atoms with Crippen molar-refractivity contribution in [2.45, 2.75) is 115 Å². The number of benzene rings is 3. The zero-order valence-electron chi connectivity index (χ0n) is 35.3. The zero-order valence-corrected chi connectivity index (χ0v) is 36.9. The molecule has 61 heavy (non-hydrogen) atoms. The van der Waals surface area contributed by atoms with Crippen LogP contribution in [0.15, 0.2) is 72.9 Å². The van der Waals surface area contributed by atoms with Crippen LogP contribution in [-0.4, -0.2) is 39.1 Å². The van der Waals surface area contributed by atoms with E-state index in [1.807, 2.05) is 53.3 Å². The van der Waals surface area contributed by atoms with Crippen LogP contribution in [-0.2, 0) is 29.8 Å². The quantitative estimate of drug-likeness (QED) is 0.0767. The third-order valence-electron chi connectivity index (χ3n) is 13.9. The summed E-state index contributed by atoms with van der Waals surface area (Å²) in [7, 11) is 3.69. The first kappa shape index (κ1) is 43.3. The lowest BCUT2D eigenvalue weighted by atomic mass is 9.73. The van der Waals surface area contributed by atoms with Gasteiger partial charge in [-0.25, -0.2) is 0 Å². The Kier molecular flexibility index (Phi) is 13.4. The number of aromatic nitrogens is 1. The highest BCUT2D eigenvalue weighted by Gasteiger charge is 2.40. The topological polar surface area (TPSA) is 152 Å². The number of phenolic OH excluding ortho intramolecular Hbond substituents is 2. The molecule has 10 heteroatoms.